The molecule has 0 spiro atoms. The first-order valence-electron chi connectivity index (χ1n) is 6.03. The summed E-state index contributed by atoms with van der Waals surface area (Å²) in [5, 5.41) is 8.02. The third-order valence-corrected chi connectivity index (χ3v) is 3.08. The van der Waals surface area contributed by atoms with E-state index >= 15 is 0 Å². The van der Waals surface area contributed by atoms with Crippen molar-refractivity contribution in [1.29, 1.82) is 0 Å². The zero-order valence-electron chi connectivity index (χ0n) is 10.3. The summed E-state index contributed by atoms with van der Waals surface area (Å²) in [6.45, 7) is 2.97. The van der Waals surface area contributed by atoms with Gasteiger partial charge < -0.3 is 9.84 Å². The van der Waals surface area contributed by atoms with Crippen molar-refractivity contribution in [2.45, 2.75) is 25.8 Å². The Bertz CT molecular complexity index is 456. The van der Waals surface area contributed by atoms with Crippen molar-refractivity contribution >= 4 is 11.6 Å². The van der Waals surface area contributed by atoms with Gasteiger partial charge in [-0.3, -0.25) is 0 Å². The Kier molecular flexibility index (Phi) is 4.73. The molecule has 0 aliphatic rings. The number of halogens is 1. The second-order valence-corrected chi connectivity index (χ2v) is 4.50. The predicted molar refractivity (Wildman–Crippen MR) is 70.5 cm³/mol. The van der Waals surface area contributed by atoms with Crippen LogP contribution in [0.1, 0.15) is 30.8 Å². The minimum atomic E-state index is 0.328. The smallest absolute Gasteiger partial charge is 0.213 e. The highest BCUT2D eigenvalue weighted by molar-refractivity contribution is 6.30. The molecule has 0 aliphatic heterocycles. The summed E-state index contributed by atoms with van der Waals surface area (Å²) in [6.07, 6.45) is 3.14. The molecule has 2 aromatic rings. The van der Waals surface area contributed by atoms with Crippen LogP contribution in [-0.2, 0) is 6.42 Å². The van der Waals surface area contributed by atoms with E-state index in [2.05, 4.69) is 34.5 Å². The van der Waals surface area contributed by atoms with Gasteiger partial charge in [0, 0.05) is 24.0 Å². The summed E-state index contributed by atoms with van der Waals surface area (Å²) >= 11 is 5.88. The Balaban J connectivity index is 1.87. The lowest BCUT2D eigenvalue weighted by Gasteiger charge is -2.17. The van der Waals surface area contributed by atoms with Crippen LogP contribution in [0.4, 0.5) is 0 Å². The zero-order chi connectivity index (χ0) is 12.8. The Morgan fingerprint density at radius 2 is 2.11 bits per heavy atom. The van der Waals surface area contributed by atoms with Crippen molar-refractivity contribution in [2.75, 3.05) is 6.54 Å². The first-order chi connectivity index (χ1) is 8.79. The minimum Gasteiger partial charge on any atom is -0.343 e. The molecule has 0 amide bonds. The Morgan fingerprint density at radius 3 is 2.72 bits per heavy atom. The van der Waals surface area contributed by atoms with Gasteiger partial charge in [-0.2, -0.15) is 4.98 Å². The van der Waals surface area contributed by atoms with Gasteiger partial charge in [-0.05, 0) is 24.1 Å². The van der Waals surface area contributed by atoms with Crippen molar-refractivity contribution in [1.82, 2.24) is 15.5 Å². The molecule has 0 fully saturated rings. The van der Waals surface area contributed by atoms with Crippen LogP contribution >= 0.6 is 11.6 Å². The fraction of sp³-hybridized carbons (Fsp3) is 0.385. The molecule has 1 aromatic carbocycles. The third-order valence-electron chi connectivity index (χ3n) is 2.83. The second-order valence-electron chi connectivity index (χ2n) is 4.06. The van der Waals surface area contributed by atoms with E-state index in [0.29, 0.717) is 6.04 Å². The van der Waals surface area contributed by atoms with E-state index < -0.39 is 0 Å². The van der Waals surface area contributed by atoms with Crippen LogP contribution in [-0.4, -0.2) is 16.7 Å². The van der Waals surface area contributed by atoms with Crippen molar-refractivity contribution in [3.63, 3.8) is 0 Å². The quantitative estimate of drug-likeness (QED) is 0.872. The predicted octanol–water partition coefficient (Wildman–Crippen LogP) is 3.01. The normalized spacial score (nSPS) is 12.6. The van der Waals surface area contributed by atoms with E-state index in [9.17, 15) is 0 Å². The highest BCUT2D eigenvalue weighted by Crippen LogP contribution is 2.18. The van der Waals surface area contributed by atoms with E-state index in [1.165, 1.54) is 12.0 Å². The fourth-order valence-electron chi connectivity index (χ4n) is 1.85. The first kappa shape index (κ1) is 13.1. The molecule has 1 unspecified atom stereocenters. The van der Waals surface area contributed by atoms with E-state index in [4.69, 9.17) is 16.1 Å². The lowest BCUT2D eigenvalue weighted by atomic mass is 10.0. The van der Waals surface area contributed by atoms with Crippen molar-refractivity contribution in [2.24, 2.45) is 0 Å². The lowest BCUT2D eigenvalue weighted by Crippen LogP contribution is -2.23. The van der Waals surface area contributed by atoms with Crippen LogP contribution in [0.3, 0.4) is 0 Å². The van der Waals surface area contributed by atoms with Gasteiger partial charge in [0.05, 0.1) is 0 Å². The maximum Gasteiger partial charge on any atom is 0.213 e. The summed E-state index contributed by atoms with van der Waals surface area (Å²) in [5.41, 5.74) is 1.25. The van der Waals surface area contributed by atoms with E-state index in [1.807, 2.05) is 12.1 Å². The Labute approximate surface area is 111 Å². The van der Waals surface area contributed by atoms with Crippen LogP contribution in [0.5, 0.6) is 0 Å². The van der Waals surface area contributed by atoms with Gasteiger partial charge in [0.15, 0.2) is 5.82 Å². The molecule has 1 aromatic heterocycles. The molecule has 4 nitrogen and oxygen atoms in total. The number of nitrogens with one attached hydrogen (secondary N) is 1. The fourth-order valence-corrected chi connectivity index (χ4v) is 1.98. The first-order valence-corrected chi connectivity index (χ1v) is 6.41. The molecule has 0 bridgehead atoms. The summed E-state index contributed by atoms with van der Waals surface area (Å²) < 4.78 is 4.69. The van der Waals surface area contributed by atoms with Gasteiger partial charge >= 0.3 is 0 Å². The van der Waals surface area contributed by atoms with Crippen LogP contribution in [0.15, 0.2) is 35.2 Å². The SMILES string of the molecule is CCC(NCCc1ncon1)c1ccc(Cl)cc1. The summed E-state index contributed by atoms with van der Waals surface area (Å²) in [5.74, 6) is 0.730. The topological polar surface area (TPSA) is 51.0 Å². The maximum atomic E-state index is 5.88. The second kappa shape index (κ2) is 6.52. The summed E-state index contributed by atoms with van der Waals surface area (Å²) in [6, 6.07) is 8.27. The van der Waals surface area contributed by atoms with Gasteiger partial charge in [-0.25, -0.2) is 0 Å². The molecule has 18 heavy (non-hydrogen) atoms. The molecule has 0 radical (unpaired) electrons. The molecular formula is C13H16ClN3O. The van der Waals surface area contributed by atoms with Gasteiger partial charge in [-0.15, -0.1) is 0 Å². The number of hydrogen-bond acceptors (Lipinski definition) is 4. The number of nitrogens with zero attached hydrogens (tertiary/aromatic N) is 2. The van der Waals surface area contributed by atoms with Crippen LogP contribution in [0.25, 0.3) is 0 Å². The van der Waals surface area contributed by atoms with Gasteiger partial charge in [0.25, 0.3) is 0 Å². The molecule has 0 aliphatic carbocycles. The van der Waals surface area contributed by atoms with E-state index in [1.54, 1.807) is 0 Å². The highest BCUT2D eigenvalue weighted by atomic mass is 35.5. The molecule has 2 rings (SSSR count). The highest BCUT2D eigenvalue weighted by Gasteiger charge is 2.08. The van der Waals surface area contributed by atoms with Crippen LogP contribution < -0.4 is 5.32 Å². The van der Waals surface area contributed by atoms with E-state index in [-0.39, 0.29) is 0 Å². The van der Waals surface area contributed by atoms with Crippen LogP contribution in [0.2, 0.25) is 5.02 Å². The standard InChI is InChI=1S/C13H16ClN3O/c1-2-12(10-3-5-11(14)6-4-10)15-8-7-13-16-9-18-17-13/h3-6,9,12,15H,2,7-8H2,1H3. The molecule has 0 saturated heterocycles. The molecule has 1 heterocycles. The Morgan fingerprint density at radius 1 is 1.33 bits per heavy atom. The summed E-state index contributed by atoms with van der Waals surface area (Å²) in [7, 11) is 0. The molecule has 0 saturated carbocycles. The number of hydrogen-bond donors (Lipinski definition) is 1. The number of rotatable bonds is 6. The molecule has 1 N–H and O–H groups in total. The van der Waals surface area contributed by atoms with Crippen molar-refractivity contribution in [3.05, 3.63) is 47.1 Å². The average Bonchev–Trinajstić information content (AvgIpc) is 2.89. The molecular weight excluding hydrogens is 250 g/mol. The van der Waals surface area contributed by atoms with E-state index in [0.717, 1.165) is 30.2 Å². The molecule has 1 atom stereocenters. The van der Waals surface area contributed by atoms with Gasteiger partial charge in [-0.1, -0.05) is 35.8 Å². The Hall–Kier alpha value is -1.39. The average molecular weight is 266 g/mol. The van der Waals surface area contributed by atoms with Crippen LogP contribution in [0, 0.1) is 0 Å². The van der Waals surface area contributed by atoms with Gasteiger partial charge in [0.2, 0.25) is 6.39 Å². The lowest BCUT2D eigenvalue weighted by molar-refractivity contribution is 0.408. The number of aromatic nitrogens is 2. The largest absolute Gasteiger partial charge is 0.343 e. The van der Waals surface area contributed by atoms with Crippen molar-refractivity contribution in [3.8, 4) is 0 Å². The van der Waals surface area contributed by atoms with Crippen molar-refractivity contribution < 1.29 is 4.52 Å². The summed E-state index contributed by atoms with van der Waals surface area (Å²) in [4.78, 5) is 3.99. The minimum absolute atomic E-state index is 0.328. The molecule has 96 valence electrons. The monoisotopic (exact) mass is 265 g/mol. The maximum absolute atomic E-state index is 5.88. The van der Waals surface area contributed by atoms with Gasteiger partial charge in [0.1, 0.15) is 0 Å². The zero-order valence-corrected chi connectivity index (χ0v) is 11.0. The third kappa shape index (κ3) is 3.55. The number of benzene rings is 1. The molecule has 5 heteroatoms.